The van der Waals surface area contributed by atoms with E-state index in [0.717, 1.165) is 16.7 Å². The minimum absolute atomic E-state index is 0.00752. The second-order valence-electron chi connectivity index (χ2n) is 8.29. The van der Waals surface area contributed by atoms with E-state index in [9.17, 15) is 9.59 Å². The van der Waals surface area contributed by atoms with Gasteiger partial charge in [0.1, 0.15) is 0 Å². The van der Waals surface area contributed by atoms with Gasteiger partial charge in [-0.1, -0.05) is 18.2 Å². The molecule has 0 saturated heterocycles. The van der Waals surface area contributed by atoms with E-state index in [0.29, 0.717) is 43.2 Å². The molecule has 2 aliphatic rings. The molecule has 2 aromatic rings. The molecule has 2 heterocycles. The summed E-state index contributed by atoms with van der Waals surface area (Å²) < 4.78 is 11.7. The topological polar surface area (TPSA) is 67.9 Å². The number of hydrogen-bond acceptors (Lipinski definition) is 4. The molecule has 2 aliphatic heterocycles. The van der Waals surface area contributed by atoms with E-state index in [1.54, 1.807) is 0 Å². The van der Waals surface area contributed by atoms with Crippen LogP contribution in [0.2, 0.25) is 0 Å². The number of nitrogens with zero attached hydrogens (tertiary/aromatic N) is 1. The highest BCUT2D eigenvalue weighted by Gasteiger charge is 2.46. The third-order valence-electron chi connectivity index (χ3n) is 5.90. The monoisotopic (exact) mass is 422 g/mol. The van der Waals surface area contributed by atoms with Crippen LogP contribution in [0.5, 0.6) is 11.5 Å². The van der Waals surface area contributed by atoms with Gasteiger partial charge in [-0.2, -0.15) is 0 Å². The fraction of sp³-hybridized carbons (Fsp3) is 0.440. The van der Waals surface area contributed by atoms with Gasteiger partial charge in [-0.25, -0.2) is 0 Å². The van der Waals surface area contributed by atoms with E-state index < -0.39 is 5.92 Å². The van der Waals surface area contributed by atoms with E-state index >= 15 is 0 Å². The zero-order valence-corrected chi connectivity index (χ0v) is 18.6. The van der Waals surface area contributed by atoms with Crippen LogP contribution in [-0.4, -0.2) is 42.5 Å². The molecule has 4 rings (SSSR count). The highest BCUT2D eigenvalue weighted by atomic mass is 16.5. The summed E-state index contributed by atoms with van der Waals surface area (Å²) in [6.07, 6.45) is 0.713. The summed E-state index contributed by atoms with van der Waals surface area (Å²) >= 11 is 0. The Balaban J connectivity index is 1.89. The number of ether oxygens (including phenoxy) is 2. The maximum Gasteiger partial charge on any atom is 0.254 e. The lowest BCUT2D eigenvalue weighted by molar-refractivity contribution is -0.124. The highest BCUT2D eigenvalue weighted by Crippen LogP contribution is 2.48. The molecule has 0 saturated carbocycles. The van der Waals surface area contributed by atoms with Gasteiger partial charge >= 0.3 is 0 Å². The molecule has 0 radical (unpaired) electrons. The van der Waals surface area contributed by atoms with Crippen LogP contribution >= 0.6 is 0 Å². The Hall–Kier alpha value is -3.02. The van der Waals surface area contributed by atoms with Gasteiger partial charge in [0.2, 0.25) is 5.91 Å². The van der Waals surface area contributed by atoms with E-state index in [4.69, 9.17) is 9.47 Å². The number of benzene rings is 2. The van der Waals surface area contributed by atoms with Crippen molar-refractivity contribution in [1.29, 1.82) is 0 Å². The molecule has 164 valence electrons. The molecule has 2 amide bonds. The molecule has 0 unspecified atom stereocenters. The maximum atomic E-state index is 13.4. The van der Waals surface area contributed by atoms with E-state index in [1.165, 1.54) is 0 Å². The SMILES string of the molecule is CCOc1cc2c(cc1OCC)[C@H]1[C@@H](C(=O)NC(C)C)c3ccccc3C(=O)N1CC2. The highest BCUT2D eigenvalue weighted by molar-refractivity contribution is 6.01. The standard InChI is InChI=1S/C25H30N2O4/c1-5-30-20-13-16-11-12-27-23(19(16)14-21(20)31-6-2)22(24(28)26-15(3)4)17-9-7-8-10-18(17)25(27)29/h7-10,13-15,22-23H,5-6,11-12H2,1-4H3,(H,26,28)/t22-,23-/m0/s1. The summed E-state index contributed by atoms with van der Waals surface area (Å²) in [7, 11) is 0. The first-order chi connectivity index (χ1) is 15.0. The first kappa shape index (κ1) is 21.2. The van der Waals surface area contributed by atoms with Crippen LogP contribution in [0, 0.1) is 0 Å². The summed E-state index contributed by atoms with van der Waals surface area (Å²) in [6, 6.07) is 11.1. The largest absolute Gasteiger partial charge is 0.490 e. The minimum atomic E-state index is -0.484. The second-order valence-corrected chi connectivity index (χ2v) is 8.29. The smallest absolute Gasteiger partial charge is 0.254 e. The molecule has 0 bridgehead atoms. The third-order valence-corrected chi connectivity index (χ3v) is 5.90. The molecular formula is C25H30N2O4. The molecule has 0 aromatic heterocycles. The van der Waals surface area contributed by atoms with E-state index in [1.807, 2.05) is 69.0 Å². The average Bonchev–Trinajstić information content (AvgIpc) is 2.74. The molecule has 0 aliphatic carbocycles. The average molecular weight is 423 g/mol. The lowest BCUT2D eigenvalue weighted by atomic mass is 9.75. The Bertz CT molecular complexity index is 1000. The fourth-order valence-electron chi connectivity index (χ4n) is 4.73. The van der Waals surface area contributed by atoms with Crippen molar-refractivity contribution in [2.45, 2.75) is 52.1 Å². The summed E-state index contributed by atoms with van der Waals surface area (Å²) in [5.41, 5.74) is 3.46. The molecular weight excluding hydrogens is 392 g/mol. The number of hydrogen-bond donors (Lipinski definition) is 1. The molecule has 2 aromatic carbocycles. The zero-order chi connectivity index (χ0) is 22.1. The van der Waals surface area contributed by atoms with Crippen LogP contribution < -0.4 is 14.8 Å². The number of fused-ring (bicyclic) bond motifs is 4. The van der Waals surface area contributed by atoms with Gasteiger partial charge in [0.15, 0.2) is 11.5 Å². The lowest BCUT2D eigenvalue weighted by Crippen LogP contribution is -2.50. The summed E-state index contributed by atoms with van der Waals surface area (Å²) in [6.45, 7) is 9.39. The Morgan fingerprint density at radius 1 is 1.10 bits per heavy atom. The van der Waals surface area contributed by atoms with Gasteiger partial charge < -0.3 is 19.7 Å². The van der Waals surface area contributed by atoms with Crippen LogP contribution in [0.4, 0.5) is 0 Å². The van der Waals surface area contributed by atoms with E-state index in [-0.39, 0.29) is 23.9 Å². The minimum Gasteiger partial charge on any atom is -0.490 e. The maximum absolute atomic E-state index is 13.4. The zero-order valence-electron chi connectivity index (χ0n) is 18.6. The Labute approximate surface area is 183 Å². The number of carbonyl (C=O) groups excluding carboxylic acids is 2. The molecule has 0 fully saturated rings. The Kier molecular flexibility index (Phi) is 5.90. The third kappa shape index (κ3) is 3.75. The fourth-order valence-corrected chi connectivity index (χ4v) is 4.73. The van der Waals surface area contributed by atoms with Crippen molar-refractivity contribution < 1.29 is 19.1 Å². The first-order valence-electron chi connectivity index (χ1n) is 11.1. The van der Waals surface area contributed by atoms with Crippen LogP contribution in [0.3, 0.4) is 0 Å². The molecule has 6 heteroatoms. The van der Waals surface area contributed by atoms with Crippen molar-refractivity contribution in [3.8, 4) is 11.5 Å². The molecule has 31 heavy (non-hydrogen) atoms. The summed E-state index contributed by atoms with van der Waals surface area (Å²) in [5, 5.41) is 3.07. The quantitative estimate of drug-likeness (QED) is 0.768. The first-order valence-corrected chi connectivity index (χ1v) is 11.1. The van der Waals surface area contributed by atoms with Crippen molar-refractivity contribution in [2.24, 2.45) is 0 Å². The Morgan fingerprint density at radius 2 is 1.77 bits per heavy atom. The predicted molar refractivity (Wildman–Crippen MR) is 119 cm³/mol. The van der Waals surface area contributed by atoms with Crippen molar-refractivity contribution in [2.75, 3.05) is 19.8 Å². The number of nitrogens with one attached hydrogen (secondary N) is 1. The van der Waals surface area contributed by atoms with E-state index in [2.05, 4.69) is 5.32 Å². The predicted octanol–water partition coefficient (Wildman–Crippen LogP) is 3.85. The molecule has 6 nitrogen and oxygen atoms in total. The summed E-state index contributed by atoms with van der Waals surface area (Å²) in [4.78, 5) is 28.6. The second kappa shape index (κ2) is 8.61. The lowest BCUT2D eigenvalue weighted by Gasteiger charge is -2.45. The number of rotatable bonds is 6. The molecule has 0 spiro atoms. The van der Waals surface area contributed by atoms with Gasteiger partial charge in [-0.05, 0) is 69.0 Å². The van der Waals surface area contributed by atoms with Crippen LogP contribution in [0.15, 0.2) is 36.4 Å². The van der Waals surface area contributed by atoms with Crippen LogP contribution in [0.25, 0.3) is 0 Å². The van der Waals surface area contributed by atoms with Gasteiger partial charge in [0, 0.05) is 18.2 Å². The van der Waals surface area contributed by atoms with Crippen molar-refractivity contribution in [3.63, 3.8) is 0 Å². The van der Waals surface area contributed by atoms with Crippen molar-refractivity contribution in [1.82, 2.24) is 10.2 Å². The normalized spacial score (nSPS) is 19.4. The van der Waals surface area contributed by atoms with Crippen LogP contribution in [0.1, 0.15) is 66.7 Å². The number of carbonyl (C=O) groups is 2. The van der Waals surface area contributed by atoms with Gasteiger partial charge in [-0.3, -0.25) is 9.59 Å². The van der Waals surface area contributed by atoms with Crippen LogP contribution in [-0.2, 0) is 11.2 Å². The van der Waals surface area contributed by atoms with Crippen molar-refractivity contribution in [3.05, 3.63) is 58.7 Å². The van der Waals surface area contributed by atoms with Gasteiger partial charge in [0.05, 0.1) is 25.2 Å². The molecule has 2 atom stereocenters. The van der Waals surface area contributed by atoms with Gasteiger partial charge in [0.25, 0.3) is 5.91 Å². The summed E-state index contributed by atoms with van der Waals surface area (Å²) in [5.74, 6) is 0.792. The van der Waals surface area contributed by atoms with Gasteiger partial charge in [-0.15, -0.1) is 0 Å². The molecule has 1 N–H and O–H groups in total. The van der Waals surface area contributed by atoms with Crippen molar-refractivity contribution >= 4 is 11.8 Å². The number of amides is 2. The Morgan fingerprint density at radius 3 is 2.45 bits per heavy atom.